The molecule has 3 rings (SSSR count). The van der Waals surface area contributed by atoms with Gasteiger partial charge in [-0.15, -0.1) is 0 Å². The molecule has 6 atom stereocenters. The predicted molar refractivity (Wildman–Crippen MR) is 60.4 cm³/mol. The third kappa shape index (κ3) is 1.62. The first kappa shape index (κ1) is 12.6. The van der Waals surface area contributed by atoms with Crippen molar-refractivity contribution in [3.8, 4) is 0 Å². The number of aliphatic hydroxyl groups is 1. The number of carbonyl (C=O) groups excluding carboxylic acids is 3. The van der Waals surface area contributed by atoms with Crippen molar-refractivity contribution in [1.29, 1.82) is 0 Å². The number of fused-ring (bicyclic) bond motifs is 5. The van der Waals surface area contributed by atoms with Gasteiger partial charge in [-0.1, -0.05) is 0 Å². The zero-order valence-corrected chi connectivity index (χ0v) is 10.6. The summed E-state index contributed by atoms with van der Waals surface area (Å²) in [6, 6.07) is 0. The van der Waals surface area contributed by atoms with Gasteiger partial charge in [-0.2, -0.15) is 0 Å². The van der Waals surface area contributed by atoms with E-state index in [2.05, 4.69) is 0 Å². The highest BCUT2D eigenvalue weighted by Gasteiger charge is 2.64. The molecule has 0 amide bonds. The first-order chi connectivity index (χ1) is 9.08. The van der Waals surface area contributed by atoms with Gasteiger partial charge in [-0.3, -0.25) is 14.4 Å². The Bertz CT molecular complexity index is 444. The third-order valence-corrected chi connectivity index (χ3v) is 5.06. The number of aliphatic hydroxyl groups excluding tert-OH is 1. The van der Waals surface area contributed by atoms with Gasteiger partial charge < -0.3 is 14.6 Å². The van der Waals surface area contributed by atoms with Crippen LogP contribution in [-0.2, 0) is 23.9 Å². The van der Waals surface area contributed by atoms with Gasteiger partial charge in [-0.25, -0.2) is 0 Å². The number of hydrogen-bond acceptors (Lipinski definition) is 6. The van der Waals surface area contributed by atoms with Crippen LogP contribution in [0.25, 0.3) is 0 Å². The highest BCUT2D eigenvalue weighted by Crippen LogP contribution is 2.60. The largest absolute Gasteiger partial charge is 0.469 e. The van der Waals surface area contributed by atoms with Crippen LogP contribution >= 0.6 is 0 Å². The monoisotopic (exact) mass is 268 g/mol. The summed E-state index contributed by atoms with van der Waals surface area (Å²) < 4.78 is 9.49. The van der Waals surface area contributed by atoms with Gasteiger partial charge in [0.1, 0.15) is 0 Å². The molecule has 19 heavy (non-hydrogen) atoms. The minimum absolute atomic E-state index is 0.0589. The molecule has 1 N–H and O–H groups in total. The molecule has 1 aliphatic heterocycles. The van der Waals surface area contributed by atoms with Crippen molar-refractivity contribution in [3.63, 3.8) is 0 Å². The van der Waals surface area contributed by atoms with Gasteiger partial charge in [0, 0.05) is 13.0 Å². The van der Waals surface area contributed by atoms with Crippen LogP contribution in [0.3, 0.4) is 0 Å². The summed E-state index contributed by atoms with van der Waals surface area (Å²) in [5.41, 5.74) is 0. The summed E-state index contributed by atoms with van der Waals surface area (Å²) in [6.07, 6.45) is 0.867. The van der Waals surface area contributed by atoms with Gasteiger partial charge in [0.15, 0.2) is 0 Å². The molecular weight excluding hydrogens is 252 g/mol. The average molecular weight is 268 g/mol. The Balaban J connectivity index is 1.92. The second-order valence-corrected chi connectivity index (χ2v) is 5.65. The van der Waals surface area contributed by atoms with E-state index < -0.39 is 17.9 Å². The van der Waals surface area contributed by atoms with Crippen LogP contribution in [-0.4, -0.2) is 36.7 Å². The molecular formula is C13H16O6. The van der Waals surface area contributed by atoms with E-state index in [1.807, 2.05) is 0 Å². The SMILES string of the molecule is COC(=O)C1C2CC(C1CO)C1C(=O)OC(=O)CC21. The van der Waals surface area contributed by atoms with Crippen LogP contribution in [0.2, 0.25) is 0 Å². The van der Waals surface area contributed by atoms with Crippen molar-refractivity contribution in [2.45, 2.75) is 12.8 Å². The number of carbonyl (C=O) groups is 3. The molecule has 0 spiro atoms. The van der Waals surface area contributed by atoms with Crippen LogP contribution in [0, 0.1) is 35.5 Å². The lowest BCUT2D eigenvalue weighted by atomic mass is 9.66. The molecule has 0 aromatic heterocycles. The minimum Gasteiger partial charge on any atom is -0.469 e. The Morgan fingerprint density at radius 2 is 2.11 bits per heavy atom. The predicted octanol–water partition coefficient (Wildman–Crippen LogP) is -0.260. The molecule has 0 aromatic carbocycles. The maximum absolute atomic E-state index is 11.9. The maximum atomic E-state index is 11.9. The van der Waals surface area contributed by atoms with Gasteiger partial charge in [-0.05, 0) is 30.1 Å². The molecule has 3 aliphatic rings. The molecule has 1 heterocycles. The van der Waals surface area contributed by atoms with E-state index in [1.165, 1.54) is 7.11 Å². The molecule has 1 saturated heterocycles. The highest BCUT2D eigenvalue weighted by atomic mass is 16.6. The number of ether oxygens (including phenoxy) is 2. The zero-order chi connectivity index (χ0) is 13.7. The normalized spacial score (nSPS) is 43.9. The summed E-state index contributed by atoms with van der Waals surface area (Å²) in [4.78, 5) is 35.1. The van der Waals surface area contributed by atoms with E-state index >= 15 is 0 Å². The first-order valence-corrected chi connectivity index (χ1v) is 6.51. The Labute approximate surface area is 110 Å². The summed E-state index contributed by atoms with van der Waals surface area (Å²) in [6.45, 7) is -0.147. The molecule has 0 aromatic rings. The number of methoxy groups -OCH3 is 1. The second-order valence-electron chi connectivity index (χ2n) is 5.65. The van der Waals surface area contributed by atoms with E-state index in [-0.39, 0.29) is 48.6 Å². The van der Waals surface area contributed by atoms with Crippen LogP contribution < -0.4 is 0 Å². The number of esters is 3. The fourth-order valence-electron chi connectivity index (χ4n) is 4.43. The molecule has 0 radical (unpaired) electrons. The van der Waals surface area contributed by atoms with Crippen molar-refractivity contribution >= 4 is 17.9 Å². The lowest BCUT2D eigenvalue weighted by Crippen LogP contribution is -2.47. The molecule has 3 fully saturated rings. The summed E-state index contributed by atoms with van der Waals surface area (Å²) >= 11 is 0. The minimum atomic E-state index is -0.511. The van der Waals surface area contributed by atoms with Crippen LogP contribution in [0.5, 0.6) is 0 Å². The highest BCUT2D eigenvalue weighted by molar-refractivity contribution is 5.91. The van der Waals surface area contributed by atoms with Crippen molar-refractivity contribution in [1.82, 2.24) is 0 Å². The van der Waals surface area contributed by atoms with Crippen molar-refractivity contribution < 1.29 is 29.0 Å². The number of cyclic esters (lactones) is 2. The van der Waals surface area contributed by atoms with Gasteiger partial charge in [0.25, 0.3) is 0 Å². The van der Waals surface area contributed by atoms with Crippen LogP contribution in [0.4, 0.5) is 0 Å². The third-order valence-electron chi connectivity index (χ3n) is 5.06. The summed E-state index contributed by atoms with van der Waals surface area (Å²) in [5, 5.41) is 9.50. The second kappa shape index (κ2) is 4.30. The molecule has 6 heteroatoms. The van der Waals surface area contributed by atoms with Crippen LogP contribution in [0.15, 0.2) is 0 Å². The average Bonchev–Trinajstić information content (AvgIpc) is 2.92. The van der Waals surface area contributed by atoms with Crippen LogP contribution in [0.1, 0.15) is 12.8 Å². The molecule has 104 valence electrons. The smallest absolute Gasteiger partial charge is 0.317 e. The lowest BCUT2D eigenvalue weighted by molar-refractivity contribution is -0.178. The Hall–Kier alpha value is -1.43. The molecule has 6 unspecified atom stereocenters. The molecule has 2 bridgehead atoms. The molecule has 6 nitrogen and oxygen atoms in total. The molecule has 2 saturated carbocycles. The van der Waals surface area contributed by atoms with E-state index in [0.717, 1.165) is 0 Å². The van der Waals surface area contributed by atoms with Crippen molar-refractivity contribution in [2.24, 2.45) is 35.5 Å². The zero-order valence-electron chi connectivity index (χ0n) is 10.6. The number of rotatable bonds is 2. The van der Waals surface area contributed by atoms with E-state index in [1.54, 1.807) is 0 Å². The summed E-state index contributed by atoms with van der Waals surface area (Å²) in [7, 11) is 1.32. The Morgan fingerprint density at radius 3 is 2.74 bits per heavy atom. The fourth-order valence-corrected chi connectivity index (χ4v) is 4.43. The van der Waals surface area contributed by atoms with E-state index in [9.17, 15) is 19.5 Å². The molecule has 2 aliphatic carbocycles. The standard InChI is InChI=1S/C13H16O6/c1-18-12(16)11-5-2-6(8(11)4-14)10-7(5)3-9(15)19-13(10)17/h5-8,10-11,14H,2-4H2,1H3. The summed E-state index contributed by atoms with van der Waals surface area (Å²) in [5.74, 6) is -2.64. The Kier molecular flexibility index (Phi) is 2.85. The number of hydrogen-bond donors (Lipinski definition) is 1. The topological polar surface area (TPSA) is 89.9 Å². The lowest BCUT2D eigenvalue weighted by Gasteiger charge is -2.39. The quantitative estimate of drug-likeness (QED) is 0.548. The Morgan fingerprint density at radius 1 is 1.37 bits per heavy atom. The van der Waals surface area contributed by atoms with Gasteiger partial charge in [0.05, 0.1) is 18.9 Å². The van der Waals surface area contributed by atoms with Gasteiger partial charge in [0.2, 0.25) is 0 Å². The van der Waals surface area contributed by atoms with E-state index in [0.29, 0.717) is 6.42 Å². The first-order valence-electron chi connectivity index (χ1n) is 6.51. The van der Waals surface area contributed by atoms with Gasteiger partial charge >= 0.3 is 17.9 Å². The van der Waals surface area contributed by atoms with Crippen molar-refractivity contribution in [2.75, 3.05) is 13.7 Å². The maximum Gasteiger partial charge on any atom is 0.317 e. The fraction of sp³-hybridized carbons (Fsp3) is 0.769. The van der Waals surface area contributed by atoms with E-state index in [4.69, 9.17) is 9.47 Å². The van der Waals surface area contributed by atoms with Crippen molar-refractivity contribution in [3.05, 3.63) is 0 Å².